The van der Waals surface area contributed by atoms with E-state index < -0.39 is 0 Å². The number of hydrogen-bond acceptors (Lipinski definition) is 4. The summed E-state index contributed by atoms with van der Waals surface area (Å²) in [6.45, 7) is 23.8. The first-order valence-electron chi connectivity index (χ1n) is 18.7. The van der Waals surface area contributed by atoms with Gasteiger partial charge < -0.3 is 26.6 Å². The minimum Gasteiger partial charge on any atom is -0.668 e. The fourth-order valence-electron chi connectivity index (χ4n) is 4.81. The predicted octanol–water partition coefficient (Wildman–Crippen LogP) is 13.2. The van der Waals surface area contributed by atoms with Crippen LogP contribution in [0.1, 0.15) is 120 Å². The van der Waals surface area contributed by atoms with E-state index in [0.717, 1.165) is 28.5 Å². The van der Waals surface area contributed by atoms with Crippen LogP contribution in [0.15, 0.2) is 96.8 Å². The van der Waals surface area contributed by atoms with E-state index in [1.54, 1.807) is 48.5 Å². The van der Waals surface area contributed by atoms with Crippen molar-refractivity contribution in [3.05, 3.63) is 147 Å². The monoisotopic (exact) mass is 826 g/mol. The van der Waals surface area contributed by atoms with Gasteiger partial charge in [0.05, 0.1) is 17.1 Å². The molecule has 0 bridgehead atoms. The van der Waals surface area contributed by atoms with Crippen molar-refractivity contribution < 1.29 is 26.2 Å². The van der Waals surface area contributed by atoms with Crippen LogP contribution in [0.4, 0.5) is 11.4 Å². The summed E-state index contributed by atoms with van der Waals surface area (Å²) >= 11 is 0. The Morgan fingerprint density at radius 1 is 0.564 bits per heavy atom. The number of aromatic nitrogens is 2. The summed E-state index contributed by atoms with van der Waals surface area (Å²) < 4.78 is 0. The molecule has 0 unspecified atom stereocenters. The van der Waals surface area contributed by atoms with Crippen LogP contribution in [0, 0.1) is 0 Å². The molecule has 0 amide bonds. The van der Waals surface area contributed by atoms with Gasteiger partial charge in [0.2, 0.25) is 0 Å². The normalized spacial score (nSPS) is 10.2. The molecule has 2 aromatic heterocycles. The van der Waals surface area contributed by atoms with Gasteiger partial charge in [-0.3, -0.25) is 15.0 Å². The Bertz CT molecular complexity index is 1490. The largest absolute Gasteiger partial charge is 4.00 e. The molecule has 9 heteroatoms. The standard InChI is InChI=1S/C19H24N2.C19H23N2.C2H7N.3C2H6N.Zr/c2*1-13(2)16-9-8-10-17(14(3)4)19(16)21-15(5)18-11-6-7-12-20-18;4*1-3-2;/h6-14H,1-5H3;6-14H,5H2,1-4H3;3H,1-2H3;3*1-2H3;/q;-1;;3*-1;+4. The minimum atomic E-state index is 0. The summed E-state index contributed by atoms with van der Waals surface area (Å²) in [5.74, 6) is 1.77. The number of rotatable bonds is 9. The van der Waals surface area contributed by atoms with Gasteiger partial charge in [-0.25, -0.2) is 0 Å². The van der Waals surface area contributed by atoms with E-state index in [0.29, 0.717) is 29.4 Å². The average molecular weight is 828 g/mol. The Morgan fingerprint density at radius 3 is 1.20 bits per heavy atom. The van der Waals surface area contributed by atoms with Gasteiger partial charge in [0.15, 0.2) is 0 Å². The molecule has 0 aliphatic heterocycles. The second-order valence-corrected chi connectivity index (χ2v) is 13.7. The van der Waals surface area contributed by atoms with Crippen LogP contribution in [-0.2, 0) is 26.2 Å². The van der Waals surface area contributed by atoms with Crippen molar-refractivity contribution >= 4 is 22.8 Å². The van der Waals surface area contributed by atoms with Gasteiger partial charge in [0, 0.05) is 18.1 Å². The van der Waals surface area contributed by atoms with Crippen LogP contribution in [0.2, 0.25) is 0 Å². The molecular formula is C46H72N8Zr. The molecule has 0 aliphatic rings. The Morgan fingerprint density at radius 2 is 0.891 bits per heavy atom. The summed E-state index contributed by atoms with van der Waals surface area (Å²) in [6.07, 6.45) is 3.58. The molecule has 0 saturated carbocycles. The molecule has 2 aromatic carbocycles. The Balaban J connectivity index is -0.000000753. The number of benzene rings is 2. The third-order valence-corrected chi connectivity index (χ3v) is 7.21. The van der Waals surface area contributed by atoms with Gasteiger partial charge in [0.25, 0.3) is 0 Å². The van der Waals surface area contributed by atoms with Crippen LogP contribution in [0.25, 0.3) is 27.0 Å². The van der Waals surface area contributed by atoms with Crippen molar-refractivity contribution in [3.63, 3.8) is 0 Å². The molecule has 4 aromatic rings. The van der Waals surface area contributed by atoms with Gasteiger partial charge >= 0.3 is 26.2 Å². The number of nitrogens with one attached hydrogen (secondary N) is 1. The fourth-order valence-corrected chi connectivity index (χ4v) is 4.81. The fraction of sp³-hybridized carbons (Fsp3) is 0.457. The van der Waals surface area contributed by atoms with Crippen LogP contribution >= 0.6 is 0 Å². The van der Waals surface area contributed by atoms with Gasteiger partial charge in [-0.1, -0.05) is 115 Å². The van der Waals surface area contributed by atoms with Crippen molar-refractivity contribution in [1.82, 2.24) is 15.3 Å². The van der Waals surface area contributed by atoms with Gasteiger partial charge in [0.1, 0.15) is 0 Å². The van der Waals surface area contributed by atoms with Crippen molar-refractivity contribution in [2.45, 2.75) is 86.0 Å². The van der Waals surface area contributed by atoms with Crippen LogP contribution in [-0.4, -0.2) is 72.1 Å². The maximum Gasteiger partial charge on any atom is 4.00 e. The quantitative estimate of drug-likeness (QED) is 0.170. The summed E-state index contributed by atoms with van der Waals surface area (Å²) in [7, 11) is 14.2. The molecule has 0 saturated heterocycles. The third kappa shape index (κ3) is 22.7. The van der Waals surface area contributed by atoms with Crippen molar-refractivity contribution in [3.8, 4) is 0 Å². The first kappa shape index (κ1) is 56.0. The second kappa shape index (κ2) is 34.0. The van der Waals surface area contributed by atoms with E-state index in [-0.39, 0.29) is 26.2 Å². The van der Waals surface area contributed by atoms with E-state index in [4.69, 9.17) is 10.3 Å². The van der Waals surface area contributed by atoms with Gasteiger partial charge in [-0.15, -0.1) is 18.0 Å². The smallest absolute Gasteiger partial charge is 0.668 e. The second-order valence-electron chi connectivity index (χ2n) is 13.7. The summed E-state index contributed by atoms with van der Waals surface area (Å²) in [5.41, 5.74) is 10.7. The van der Waals surface area contributed by atoms with E-state index in [1.165, 1.54) is 22.3 Å². The van der Waals surface area contributed by atoms with Crippen LogP contribution < -0.4 is 5.32 Å². The van der Waals surface area contributed by atoms with Crippen molar-refractivity contribution in [1.29, 1.82) is 0 Å². The zero-order chi connectivity index (χ0) is 41.6. The van der Waals surface area contributed by atoms with Crippen molar-refractivity contribution in [2.75, 3.05) is 56.4 Å². The first-order chi connectivity index (χ1) is 25.7. The molecule has 0 fully saturated rings. The number of para-hydroxylation sites is 2. The molecule has 0 aliphatic carbocycles. The molecule has 300 valence electrons. The van der Waals surface area contributed by atoms with Gasteiger partial charge in [-0.2, -0.15) is 42.3 Å². The van der Waals surface area contributed by atoms with E-state index in [2.05, 4.69) is 130 Å². The molecule has 2 heterocycles. The summed E-state index contributed by atoms with van der Waals surface area (Å²) in [6, 6.07) is 24.7. The molecular weight excluding hydrogens is 756 g/mol. The molecule has 55 heavy (non-hydrogen) atoms. The minimum absolute atomic E-state index is 0. The third-order valence-electron chi connectivity index (χ3n) is 7.21. The number of pyridine rings is 2. The molecule has 0 radical (unpaired) electrons. The molecule has 0 atom stereocenters. The maximum absolute atomic E-state index is 4.93. The first-order valence-corrected chi connectivity index (χ1v) is 18.7. The zero-order valence-corrected chi connectivity index (χ0v) is 39.7. The molecule has 1 N–H and O–H groups in total. The maximum atomic E-state index is 4.93. The number of aliphatic imine (C=N–C) groups is 1. The van der Waals surface area contributed by atoms with E-state index in [9.17, 15) is 0 Å². The van der Waals surface area contributed by atoms with Crippen LogP contribution in [0.3, 0.4) is 0 Å². The number of nitrogens with zero attached hydrogens (tertiary/aromatic N) is 7. The summed E-state index contributed by atoms with van der Waals surface area (Å²) in [4.78, 5) is 13.6. The van der Waals surface area contributed by atoms with E-state index in [1.807, 2.05) is 63.6 Å². The average Bonchev–Trinajstić information content (AvgIpc) is 3.13. The van der Waals surface area contributed by atoms with E-state index >= 15 is 0 Å². The molecule has 8 nitrogen and oxygen atoms in total. The predicted molar refractivity (Wildman–Crippen MR) is 242 cm³/mol. The molecule has 0 spiro atoms. The Kier molecular flexibility index (Phi) is 34.6. The SMILES string of the molecule is C=C([N-]c1c(C(C)C)cccc1C(C)C)c1ccccn1.CC(=Nc1c(C(C)C)cccc1C(C)C)c1ccccn1.CNC.C[N-]C.C[N-]C.C[N-]C.[Zr+4]. The summed E-state index contributed by atoms with van der Waals surface area (Å²) in [5, 5.41) is 18.1. The van der Waals surface area contributed by atoms with Crippen molar-refractivity contribution in [2.24, 2.45) is 4.99 Å². The molecule has 4 rings (SSSR count). The Hall–Kier alpha value is -3.33. The topological polar surface area (TPSA) is 107 Å². The van der Waals surface area contributed by atoms with Crippen LogP contribution in [0.5, 0.6) is 0 Å². The Labute approximate surface area is 356 Å². The number of hydrogen-bond donors (Lipinski definition) is 1. The zero-order valence-electron chi connectivity index (χ0n) is 37.2. The van der Waals surface area contributed by atoms with Gasteiger partial charge in [-0.05, 0) is 80.1 Å².